The van der Waals surface area contributed by atoms with Gasteiger partial charge in [-0.3, -0.25) is 24.8 Å². The summed E-state index contributed by atoms with van der Waals surface area (Å²) in [5.74, 6) is -1.12. The number of guanidine groups is 1. The van der Waals surface area contributed by atoms with E-state index in [9.17, 15) is 14.4 Å². The molecule has 176 valence electrons. The monoisotopic (exact) mass is 453 g/mol. The third kappa shape index (κ3) is 4.78. The lowest BCUT2D eigenvalue weighted by molar-refractivity contribution is -0.142. The summed E-state index contributed by atoms with van der Waals surface area (Å²) in [4.78, 5) is 43.0. The number of nitrogens with two attached hydrogens (primary N) is 1. The molecule has 4 N–H and O–H groups in total. The molecule has 4 amide bonds. The largest absolute Gasteiger partial charge is 0.370 e. The Labute approximate surface area is 193 Å². The van der Waals surface area contributed by atoms with Gasteiger partial charge in [0.25, 0.3) is 0 Å². The molecule has 2 saturated heterocycles. The number of nitrogens with one attached hydrogen (secondary N) is 2. The van der Waals surface area contributed by atoms with Gasteiger partial charge in [0.15, 0.2) is 5.96 Å². The number of carbonyl (C=O) groups excluding carboxylic acids is 3. The minimum atomic E-state index is -0.471. The van der Waals surface area contributed by atoms with E-state index in [4.69, 9.17) is 10.5 Å². The van der Waals surface area contributed by atoms with E-state index in [0.717, 1.165) is 6.42 Å². The molecule has 3 aliphatic heterocycles. The number of hydrogen-bond donors (Lipinski definition) is 3. The summed E-state index contributed by atoms with van der Waals surface area (Å²) < 4.78 is 5.62. The first-order valence-corrected chi connectivity index (χ1v) is 11.3. The Hall–Kier alpha value is -3.20. The molecule has 5 unspecified atom stereocenters. The molecule has 0 spiro atoms. The smallest absolute Gasteiger partial charge is 0.321 e. The number of hydrogen-bond acceptors (Lipinski definition) is 5. The lowest BCUT2D eigenvalue weighted by atomic mass is 9.85. The van der Waals surface area contributed by atoms with E-state index in [1.54, 1.807) is 0 Å². The average Bonchev–Trinajstić information content (AvgIpc) is 3.43. The zero-order chi connectivity index (χ0) is 23.8. The first kappa shape index (κ1) is 23.0. The standard InChI is InChI=1S/C24H31N5O4/c1-14(15-7-5-4-6-8-15)13-24(2,3)28-23(32)27-22(25)26-11-12-29-20(30)18-16-9-10-17(33-16)19(18)21(29)31/h4-10,14,16-19H,11-13H2,1-3H3,(H4,25,26,27,28,32). The van der Waals surface area contributed by atoms with Gasteiger partial charge in [-0.1, -0.05) is 49.4 Å². The van der Waals surface area contributed by atoms with E-state index in [0.29, 0.717) is 0 Å². The SMILES string of the molecule is CC(CC(C)(C)NC(=O)NC(N)=NCCN1C(=O)C2C3C=CC(O3)C2C1=O)c1ccccc1. The molecule has 0 radical (unpaired) electrons. The maximum atomic E-state index is 12.6. The van der Waals surface area contributed by atoms with Crippen LogP contribution in [0, 0.1) is 11.8 Å². The van der Waals surface area contributed by atoms with E-state index in [1.165, 1.54) is 10.5 Å². The molecule has 5 atom stereocenters. The van der Waals surface area contributed by atoms with Crippen molar-refractivity contribution in [3.05, 3.63) is 48.0 Å². The van der Waals surface area contributed by atoms with Crippen molar-refractivity contribution in [2.75, 3.05) is 13.1 Å². The third-order valence-corrected chi connectivity index (χ3v) is 6.49. The highest BCUT2D eigenvalue weighted by atomic mass is 16.5. The Morgan fingerprint density at radius 3 is 2.36 bits per heavy atom. The maximum Gasteiger partial charge on any atom is 0.321 e. The molecule has 9 nitrogen and oxygen atoms in total. The van der Waals surface area contributed by atoms with Crippen LogP contribution in [0.25, 0.3) is 0 Å². The van der Waals surface area contributed by atoms with Crippen molar-refractivity contribution in [3.8, 4) is 0 Å². The lowest BCUT2D eigenvalue weighted by Crippen LogP contribution is -2.52. The van der Waals surface area contributed by atoms with Gasteiger partial charge in [-0.15, -0.1) is 0 Å². The van der Waals surface area contributed by atoms with Crippen molar-refractivity contribution < 1.29 is 19.1 Å². The van der Waals surface area contributed by atoms with Gasteiger partial charge in [0.05, 0.1) is 30.6 Å². The number of aliphatic imine (C=N–C) groups is 1. The molecule has 2 fully saturated rings. The molecule has 1 aromatic carbocycles. The summed E-state index contributed by atoms with van der Waals surface area (Å²) in [5, 5.41) is 5.45. The van der Waals surface area contributed by atoms with Crippen LogP contribution in [0.4, 0.5) is 4.79 Å². The molecule has 3 aliphatic rings. The van der Waals surface area contributed by atoms with Crippen LogP contribution in [-0.2, 0) is 14.3 Å². The summed E-state index contributed by atoms with van der Waals surface area (Å²) in [6.45, 7) is 6.25. The first-order valence-electron chi connectivity index (χ1n) is 11.3. The number of benzene rings is 1. The number of imide groups is 1. The second-order valence-electron chi connectivity index (χ2n) is 9.58. The molecule has 3 heterocycles. The molecule has 0 aromatic heterocycles. The molecular weight excluding hydrogens is 422 g/mol. The number of rotatable bonds is 7. The highest BCUT2D eigenvalue weighted by molar-refractivity contribution is 6.06. The van der Waals surface area contributed by atoms with E-state index in [-0.39, 0.29) is 49.0 Å². The topological polar surface area (TPSA) is 126 Å². The van der Waals surface area contributed by atoms with E-state index >= 15 is 0 Å². The van der Waals surface area contributed by atoms with Crippen LogP contribution >= 0.6 is 0 Å². The van der Waals surface area contributed by atoms with Gasteiger partial charge in [-0.25, -0.2) is 4.79 Å². The van der Waals surface area contributed by atoms with Crippen molar-refractivity contribution in [2.45, 2.75) is 50.9 Å². The van der Waals surface area contributed by atoms with Gasteiger partial charge in [0.2, 0.25) is 11.8 Å². The van der Waals surface area contributed by atoms with Gasteiger partial charge in [0.1, 0.15) is 0 Å². The van der Waals surface area contributed by atoms with Crippen molar-refractivity contribution in [1.29, 1.82) is 0 Å². The number of carbonyl (C=O) groups is 3. The highest BCUT2D eigenvalue weighted by Crippen LogP contribution is 2.44. The summed E-state index contributed by atoms with van der Waals surface area (Å²) in [7, 11) is 0. The highest BCUT2D eigenvalue weighted by Gasteiger charge is 2.60. The number of ether oxygens (including phenoxy) is 1. The Morgan fingerprint density at radius 2 is 1.76 bits per heavy atom. The van der Waals surface area contributed by atoms with Crippen LogP contribution in [-0.4, -0.2) is 59.5 Å². The fourth-order valence-electron chi connectivity index (χ4n) is 5.07. The van der Waals surface area contributed by atoms with Crippen LogP contribution in [0.15, 0.2) is 47.5 Å². The number of likely N-dealkylation sites (tertiary alicyclic amines) is 1. The minimum Gasteiger partial charge on any atom is -0.370 e. The molecule has 0 aliphatic carbocycles. The number of nitrogens with zero attached hydrogens (tertiary/aromatic N) is 2. The van der Waals surface area contributed by atoms with E-state index in [1.807, 2.05) is 44.2 Å². The normalized spacial score (nSPS) is 27.1. The maximum absolute atomic E-state index is 12.6. The van der Waals surface area contributed by atoms with E-state index < -0.39 is 23.4 Å². The molecule has 4 rings (SSSR count). The third-order valence-electron chi connectivity index (χ3n) is 6.49. The fourth-order valence-corrected chi connectivity index (χ4v) is 5.07. The Balaban J connectivity index is 1.24. The van der Waals surface area contributed by atoms with Crippen molar-refractivity contribution in [3.63, 3.8) is 0 Å². The predicted octanol–water partition coefficient (Wildman–Crippen LogP) is 1.51. The molecule has 33 heavy (non-hydrogen) atoms. The Morgan fingerprint density at radius 1 is 1.15 bits per heavy atom. The summed E-state index contributed by atoms with van der Waals surface area (Å²) in [5.41, 5.74) is 6.58. The number of fused-ring (bicyclic) bond motifs is 5. The van der Waals surface area contributed by atoms with Crippen molar-refractivity contribution in [1.82, 2.24) is 15.5 Å². The molecule has 0 saturated carbocycles. The summed E-state index contributed by atoms with van der Waals surface area (Å²) >= 11 is 0. The van der Waals surface area contributed by atoms with Crippen LogP contribution in [0.5, 0.6) is 0 Å². The summed E-state index contributed by atoms with van der Waals surface area (Å²) in [6.07, 6.45) is 3.81. The summed E-state index contributed by atoms with van der Waals surface area (Å²) in [6, 6.07) is 9.67. The van der Waals surface area contributed by atoms with Crippen LogP contribution in [0.2, 0.25) is 0 Å². The van der Waals surface area contributed by atoms with Gasteiger partial charge < -0.3 is 15.8 Å². The first-order chi connectivity index (χ1) is 15.7. The Kier molecular flexibility index (Phi) is 6.25. The average molecular weight is 454 g/mol. The van der Waals surface area contributed by atoms with Gasteiger partial charge in [0, 0.05) is 12.1 Å². The Bertz CT molecular complexity index is 960. The van der Waals surface area contributed by atoms with Gasteiger partial charge in [-0.2, -0.15) is 0 Å². The van der Waals surface area contributed by atoms with E-state index in [2.05, 4.69) is 34.7 Å². The molecule has 1 aromatic rings. The predicted molar refractivity (Wildman–Crippen MR) is 123 cm³/mol. The number of amides is 4. The minimum absolute atomic E-state index is 0.0660. The molecule has 9 heteroatoms. The van der Waals surface area contributed by atoms with Gasteiger partial charge >= 0.3 is 6.03 Å². The number of urea groups is 1. The van der Waals surface area contributed by atoms with Crippen LogP contribution in [0.3, 0.4) is 0 Å². The van der Waals surface area contributed by atoms with Crippen LogP contribution in [0.1, 0.15) is 38.7 Å². The zero-order valence-corrected chi connectivity index (χ0v) is 19.2. The molecular formula is C24H31N5O4. The quantitative estimate of drug-likeness (QED) is 0.250. The lowest BCUT2D eigenvalue weighted by Gasteiger charge is -2.29. The van der Waals surface area contributed by atoms with Crippen molar-refractivity contribution in [2.24, 2.45) is 22.6 Å². The second-order valence-corrected chi connectivity index (χ2v) is 9.58. The zero-order valence-electron chi connectivity index (χ0n) is 19.2. The molecule has 2 bridgehead atoms. The van der Waals surface area contributed by atoms with Crippen molar-refractivity contribution >= 4 is 23.8 Å². The van der Waals surface area contributed by atoms with Gasteiger partial charge in [-0.05, 0) is 31.7 Å². The second kappa shape index (κ2) is 8.97. The van der Waals surface area contributed by atoms with Crippen LogP contribution < -0.4 is 16.4 Å². The fraction of sp³-hybridized carbons (Fsp3) is 0.500.